The molecule has 154 valence electrons. The Morgan fingerprint density at radius 2 is 1.77 bits per heavy atom. The fourth-order valence-corrected chi connectivity index (χ4v) is 4.18. The van der Waals surface area contributed by atoms with E-state index in [4.69, 9.17) is 16.3 Å². The first-order valence-electron chi connectivity index (χ1n) is 9.98. The minimum absolute atomic E-state index is 0.0935. The molecule has 31 heavy (non-hydrogen) atoms. The van der Waals surface area contributed by atoms with Crippen molar-refractivity contribution in [1.29, 1.82) is 0 Å². The third-order valence-corrected chi connectivity index (χ3v) is 5.88. The number of nitrogens with zero attached hydrogens (tertiary/aromatic N) is 3. The van der Waals surface area contributed by atoms with Crippen LogP contribution in [0.2, 0.25) is 5.02 Å². The highest BCUT2D eigenvalue weighted by Gasteiger charge is 2.17. The number of ether oxygens (including phenoxy) is 1. The average molecular weight is 430 g/mol. The van der Waals surface area contributed by atoms with Gasteiger partial charge in [0.05, 0.1) is 25.5 Å². The van der Waals surface area contributed by atoms with Crippen LogP contribution in [0.25, 0.3) is 21.9 Å². The van der Waals surface area contributed by atoms with E-state index in [-0.39, 0.29) is 5.56 Å². The van der Waals surface area contributed by atoms with Crippen molar-refractivity contribution in [2.45, 2.75) is 13.1 Å². The Bertz CT molecular complexity index is 1470. The molecular weight excluding hydrogens is 410 g/mol. The molecule has 0 bridgehead atoms. The Hall–Kier alpha value is -3.57. The van der Waals surface area contributed by atoms with Crippen molar-refractivity contribution in [1.82, 2.24) is 14.1 Å². The van der Waals surface area contributed by atoms with Gasteiger partial charge in [0, 0.05) is 17.0 Å². The largest absolute Gasteiger partial charge is 0.497 e. The van der Waals surface area contributed by atoms with Crippen molar-refractivity contribution in [3.05, 3.63) is 106 Å². The Morgan fingerprint density at radius 3 is 2.61 bits per heavy atom. The highest BCUT2D eigenvalue weighted by Crippen LogP contribution is 2.27. The standard InChI is InChI=1S/C25H20ClN3O2/c1-31-19-9-6-7-17(13-19)14-29-22-12-5-3-10-20(22)23-24(29)25(30)28(16-27-23)15-18-8-2-4-11-21(18)26/h2-13,16H,14-15H2,1H3. The fraction of sp³-hybridized carbons (Fsp3) is 0.120. The molecule has 0 aliphatic heterocycles. The van der Waals surface area contributed by atoms with Crippen LogP contribution in [0.3, 0.4) is 0 Å². The van der Waals surface area contributed by atoms with Crippen LogP contribution in [0.4, 0.5) is 0 Å². The molecule has 0 spiro atoms. The molecule has 0 saturated carbocycles. The van der Waals surface area contributed by atoms with Gasteiger partial charge >= 0.3 is 0 Å². The van der Waals surface area contributed by atoms with E-state index < -0.39 is 0 Å². The lowest BCUT2D eigenvalue weighted by Crippen LogP contribution is -2.23. The molecule has 0 radical (unpaired) electrons. The van der Waals surface area contributed by atoms with E-state index in [1.807, 2.05) is 77.4 Å². The molecule has 0 N–H and O–H groups in total. The lowest BCUT2D eigenvalue weighted by molar-refractivity contribution is 0.414. The lowest BCUT2D eigenvalue weighted by Gasteiger charge is -2.11. The SMILES string of the molecule is COc1cccc(Cn2c3ccccc3c3ncn(Cc4ccccc4Cl)c(=O)c32)c1. The van der Waals surface area contributed by atoms with Crippen LogP contribution in [0.5, 0.6) is 5.75 Å². The molecular formula is C25H20ClN3O2. The second-order valence-electron chi connectivity index (χ2n) is 7.42. The van der Waals surface area contributed by atoms with Gasteiger partial charge in [0.2, 0.25) is 0 Å². The Labute approximate surface area is 184 Å². The number of hydrogen-bond donors (Lipinski definition) is 0. The molecule has 0 aliphatic rings. The number of fused-ring (bicyclic) bond motifs is 3. The van der Waals surface area contributed by atoms with Crippen LogP contribution >= 0.6 is 11.6 Å². The predicted octanol–water partition coefficient (Wildman–Crippen LogP) is 5.11. The molecule has 5 nitrogen and oxygen atoms in total. The van der Waals surface area contributed by atoms with Crippen LogP contribution in [-0.2, 0) is 13.1 Å². The molecule has 3 aromatic carbocycles. The van der Waals surface area contributed by atoms with Gasteiger partial charge in [0.25, 0.3) is 5.56 Å². The van der Waals surface area contributed by atoms with E-state index in [0.717, 1.165) is 27.8 Å². The van der Waals surface area contributed by atoms with Gasteiger partial charge in [-0.15, -0.1) is 0 Å². The third kappa shape index (κ3) is 3.47. The average Bonchev–Trinajstić information content (AvgIpc) is 3.11. The van der Waals surface area contributed by atoms with Gasteiger partial charge in [-0.2, -0.15) is 0 Å². The first-order chi connectivity index (χ1) is 15.2. The Morgan fingerprint density at radius 1 is 0.968 bits per heavy atom. The summed E-state index contributed by atoms with van der Waals surface area (Å²) in [5.74, 6) is 0.785. The minimum Gasteiger partial charge on any atom is -0.497 e. The smallest absolute Gasteiger partial charge is 0.278 e. The Balaban J connectivity index is 1.70. The van der Waals surface area contributed by atoms with Crippen molar-refractivity contribution < 1.29 is 4.74 Å². The van der Waals surface area contributed by atoms with Crippen molar-refractivity contribution >= 4 is 33.5 Å². The second-order valence-corrected chi connectivity index (χ2v) is 7.83. The van der Waals surface area contributed by atoms with Gasteiger partial charge < -0.3 is 9.30 Å². The van der Waals surface area contributed by atoms with Crippen LogP contribution in [0.1, 0.15) is 11.1 Å². The van der Waals surface area contributed by atoms with Crippen molar-refractivity contribution in [3.63, 3.8) is 0 Å². The zero-order valence-corrected chi connectivity index (χ0v) is 17.7. The monoisotopic (exact) mass is 429 g/mol. The number of para-hydroxylation sites is 1. The van der Waals surface area contributed by atoms with E-state index in [9.17, 15) is 4.79 Å². The van der Waals surface area contributed by atoms with Crippen LogP contribution in [0, 0.1) is 0 Å². The number of halogens is 1. The van der Waals surface area contributed by atoms with Crippen molar-refractivity contribution in [3.8, 4) is 5.75 Å². The zero-order chi connectivity index (χ0) is 21.4. The maximum Gasteiger partial charge on any atom is 0.278 e. The summed E-state index contributed by atoms with van der Waals surface area (Å²) >= 11 is 6.32. The Kier molecular flexibility index (Phi) is 4.96. The van der Waals surface area contributed by atoms with Crippen LogP contribution in [-0.4, -0.2) is 21.2 Å². The van der Waals surface area contributed by atoms with E-state index in [0.29, 0.717) is 29.1 Å². The maximum atomic E-state index is 13.6. The van der Waals surface area contributed by atoms with Crippen LogP contribution < -0.4 is 10.3 Å². The molecule has 6 heteroatoms. The quantitative estimate of drug-likeness (QED) is 0.390. The fourth-order valence-electron chi connectivity index (χ4n) is 3.99. The van der Waals surface area contributed by atoms with Gasteiger partial charge in [-0.3, -0.25) is 9.36 Å². The summed E-state index contributed by atoms with van der Waals surface area (Å²) in [5, 5.41) is 1.59. The topological polar surface area (TPSA) is 49.0 Å². The molecule has 0 unspecified atom stereocenters. The predicted molar refractivity (Wildman–Crippen MR) is 124 cm³/mol. The normalized spacial score (nSPS) is 11.3. The number of aromatic nitrogens is 3. The van der Waals surface area contributed by atoms with Gasteiger partial charge in [-0.1, -0.05) is 60.1 Å². The molecule has 0 saturated heterocycles. The number of rotatable bonds is 5. The number of hydrogen-bond acceptors (Lipinski definition) is 3. The van der Waals surface area contributed by atoms with Gasteiger partial charge in [0.15, 0.2) is 0 Å². The summed E-state index contributed by atoms with van der Waals surface area (Å²) in [6.07, 6.45) is 1.61. The zero-order valence-electron chi connectivity index (χ0n) is 17.0. The number of benzene rings is 3. The molecule has 2 heterocycles. The summed E-state index contributed by atoms with van der Waals surface area (Å²) in [6.45, 7) is 0.899. The highest BCUT2D eigenvalue weighted by molar-refractivity contribution is 6.31. The molecule has 5 aromatic rings. The van der Waals surface area contributed by atoms with Gasteiger partial charge in [0.1, 0.15) is 16.8 Å². The maximum absolute atomic E-state index is 13.6. The molecule has 2 aromatic heterocycles. The summed E-state index contributed by atoms with van der Waals surface area (Å²) in [5.41, 5.74) is 4.09. The van der Waals surface area contributed by atoms with E-state index in [1.165, 1.54) is 0 Å². The lowest BCUT2D eigenvalue weighted by atomic mass is 10.2. The van der Waals surface area contributed by atoms with Gasteiger partial charge in [-0.25, -0.2) is 4.98 Å². The van der Waals surface area contributed by atoms with E-state index in [2.05, 4.69) is 4.98 Å². The van der Waals surface area contributed by atoms with E-state index >= 15 is 0 Å². The third-order valence-electron chi connectivity index (χ3n) is 5.51. The first-order valence-corrected chi connectivity index (χ1v) is 10.4. The summed E-state index contributed by atoms with van der Waals surface area (Å²) in [6, 6.07) is 23.4. The van der Waals surface area contributed by atoms with Crippen molar-refractivity contribution in [2.24, 2.45) is 0 Å². The first kappa shape index (κ1) is 19.4. The molecule has 0 fully saturated rings. The van der Waals surface area contributed by atoms with E-state index in [1.54, 1.807) is 18.0 Å². The molecule has 0 amide bonds. The summed E-state index contributed by atoms with van der Waals surface area (Å²) < 4.78 is 9.02. The van der Waals surface area contributed by atoms with Crippen molar-refractivity contribution in [2.75, 3.05) is 7.11 Å². The molecule has 5 rings (SSSR count). The summed E-state index contributed by atoms with van der Waals surface area (Å²) in [7, 11) is 1.65. The minimum atomic E-state index is -0.0935. The highest BCUT2D eigenvalue weighted by atomic mass is 35.5. The summed E-state index contributed by atoms with van der Waals surface area (Å²) in [4.78, 5) is 18.2. The number of methoxy groups -OCH3 is 1. The molecule has 0 atom stereocenters. The second kappa shape index (κ2) is 7.93. The van der Waals surface area contributed by atoms with Gasteiger partial charge in [-0.05, 0) is 35.4 Å². The molecule has 0 aliphatic carbocycles. The van der Waals surface area contributed by atoms with Crippen LogP contribution in [0.15, 0.2) is 83.9 Å².